The molecule has 0 fully saturated rings. The van der Waals surface area contributed by atoms with E-state index in [1.54, 1.807) is 30.0 Å². The first-order valence-electron chi connectivity index (χ1n) is 5.73. The van der Waals surface area contributed by atoms with E-state index in [-0.39, 0.29) is 24.3 Å². The zero-order valence-electron chi connectivity index (χ0n) is 10.5. The van der Waals surface area contributed by atoms with Crippen molar-refractivity contribution < 1.29 is 9.18 Å². The molecule has 1 atom stereocenters. The summed E-state index contributed by atoms with van der Waals surface area (Å²) in [7, 11) is 0. The second-order valence-electron chi connectivity index (χ2n) is 4.44. The zero-order chi connectivity index (χ0) is 13.0. The van der Waals surface area contributed by atoms with Crippen LogP contribution in [0.15, 0.2) is 24.3 Å². The third-order valence-corrected chi connectivity index (χ3v) is 2.59. The lowest BCUT2D eigenvalue weighted by Gasteiger charge is -2.28. The Morgan fingerprint density at radius 2 is 1.94 bits per heavy atom. The van der Waals surface area contributed by atoms with Crippen LogP contribution in [-0.2, 0) is 11.3 Å². The number of halogens is 1. The Labute approximate surface area is 101 Å². The molecule has 3 nitrogen and oxygen atoms in total. The molecular weight excluding hydrogens is 219 g/mol. The summed E-state index contributed by atoms with van der Waals surface area (Å²) in [5.41, 5.74) is 6.09. The molecule has 0 aliphatic rings. The van der Waals surface area contributed by atoms with E-state index in [0.29, 0.717) is 5.56 Å². The minimum Gasteiger partial charge on any atom is -0.334 e. The highest BCUT2D eigenvalue weighted by Crippen LogP contribution is 2.13. The Bertz CT molecular complexity index is 391. The van der Waals surface area contributed by atoms with E-state index in [2.05, 4.69) is 0 Å². The lowest BCUT2D eigenvalue weighted by atomic mass is 10.1. The SMILES string of the molecule is CC(C)N(Cc1ccccc1F)C(=O)[C@H](C)N. The molecule has 2 N–H and O–H groups in total. The van der Waals surface area contributed by atoms with Crippen molar-refractivity contribution in [1.29, 1.82) is 0 Å². The molecule has 0 aliphatic heterocycles. The summed E-state index contributed by atoms with van der Waals surface area (Å²) < 4.78 is 13.5. The van der Waals surface area contributed by atoms with E-state index in [0.717, 1.165) is 0 Å². The summed E-state index contributed by atoms with van der Waals surface area (Å²) in [5.74, 6) is -0.459. The van der Waals surface area contributed by atoms with Gasteiger partial charge in [-0.05, 0) is 26.8 Å². The van der Waals surface area contributed by atoms with Gasteiger partial charge in [-0.1, -0.05) is 18.2 Å². The molecule has 0 saturated heterocycles. The van der Waals surface area contributed by atoms with Gasteiger partial charge in [0.15, 0.2) is 0 Å². The first-order chi connectivity index (χ1) is 7.93. The minimum absolute atomic E-state index is 0.00638. The van der Waals surface area contributed by atoms with Gasteiger partial charge < -0.3 is 10.6 Å². The van der Waals surface area contributed by atoms with Gasteiger partial charge in [0, 0.05) is 18.2 Å². The second-order valence-corrected chi connectivity index (χ2v) is 4.44. The fourth-order valence-electron chi connectivity index (χ4n) is 1.59. The van der Waals surface area contributed by atoms with Crippen molar-refractivity contribution in [2.75, 3.05) is 0 Å². The van der Waals surface area contributed by atoms with E-state index < -0.39 is 6.04 Å². The van der Waals surface area contributed by atoms with Gasteiger partial charge >= 0.3 is 0 Å². The van der Waals surface area contributed by atoms with Crippen LogP contribution in [0.1, 0.15) is 26.3 Å². The molecule has 1 aromatic rings. The van der Waals surface area contributed by atoms with Crippen molar-refractivity contribution in [3.05, 3.63) is 35.6 Å². The maximum atomic E-state index is 13.5. The summed E-state index contributed by atoms with van der Waals surface area (Å²) in [6.45, 7) is 5.67. The summed E-state index contributed by atoms with van der Waals surface area (Å²) >= 11 is 0. The second kappa shape index (κ2) is 5.77. The Morgan fingerprint density at radius 3 is 2.41 bits per heavy atom. The van der Waals surface area contributed by atoms with Gasteiger partial charge in [0.25, 0.3) is 0 Å². The summed E-state index contributed by atoms with van der Waals surface area (Å²) in [5, 5.41) is 0. The predicted molar refractivity (Wildman–Crippen MR) is 65.7 cm³/mol. The zero-order valence-corrected chi connectivity index (χ0v) is 10.5. The van der Waals surface area contributed by atoms with E-state index in [4.69, 9.17) is 5.73 Å². The molecule has 0 aromatic heterocycles. The van der Waals surface area contributed by atoms with E-state index in [9.17, 15) is 9.18 Å². The number of nitrogens with two attached hydrogens (primary N) is 1. The van der Waals surface area contributed by atoms with Crippen molar-refractivity contribution in [3.63, 3.8) is 0 Å². The minimum atomic E-state index is -0.566. The average molecular weight is 238 g/mol. The Hall–Kier alpha value is -1.42. The molecule has 0 radical (unpaired) electrons. The number of carbonyl (C=O) groups is 1. The molecule has 4 heteroatoms. The molecule has 0 heterocycles. The lowest BCUT2D eigenvalue weighted by Crippen LogP contribution is -2.45. The summed E-state index contributed by atoms with van der Waals surface area (Å²) in [6.07, 6.45) is 0. The molecule has 0 unspecified atom stereocenters. The summed E-state index contributed by atoms with van der Waals surface area (Å²) in [4.78, 5) is 13.5. The molecule has 94 valence electrons. The number of hydrogen-bond donors (Lipinski definition) is 1. The van der Waals surface area contributed by atoms with Gasteiger partial charge in [0.1, 0.15) is 5.82 Å². The highest BCUT2D eigenvalue weighted by Gasteiger charge is 2.21. The monoisotopic (exact) mass is 238 g/mol. The molecule has 0 spiro atoms. The van der Waals surface area contributed by atoms with Crippen molar-refractivity contribution in [3.8, 4) is 0 Å². The third kappa shape index (κ3) is 3.53. The van der Waals surface area contributed by atoms with Crippen LogP contribution in [-0.4, -0.2) is 22.9 Å². The normalized spacial score (nSPS) is 12.6. The van der Waals surface area contributed by atoms with Crippen LogP contribution in [0.3, 0.4) is 0 Å². The number of carbonyl (C=O) groups excluding carboxylic acids is 1. The molecule has 0 bridgehead atoms. The van der Waals surface area contributed by atoms with Gasteiger partial charge in [0.05, 0.1) is 6.04 Å². The van der Waals surface area contributed by atoms with Crippen LogP contribution >= 0.6 is 0 Å². The van der Waals surface area contributed by atoms with Crippen molar-refractivity contribution in [2.24, 2.45) is 5.73 Å². The Morgan fingerprint density at radius 1 is 1.35 bits per heavy atom. The number of hydrogen-bond acceptors (Lipinski definition) is 2. The van der Waals surface area contributed by atoms with Crippen LogP contribution in [0.2, 0.25) is 0 Å². The van der Waals surface area contributed by atoms with Crippen LogP contribution in [0, 0.1) is 5.82 Å². The van der Waals surface area contributed by atoms with Crippen molar-refractivity contribution in [2.45, 2.75) is 39.4 Å². The number of rotatable bonds is 4. The van der Waals surface area contributed by atoms with Crippen LogP contribution in [0.5, 0.6) is 0 Å². The predicted octanol–water partition coefficient (Wildman–Crippen LogP) is 1.91. The smallest absolute Gasteiger partial charge is 0.239 e. The number of amides is 1. The van der Waals surface area contributed by atoms with Crippen LogP contribution < -0.4 is 5.73 Å². The quantitative estimate of drug-likeness (QED) is 0.871. The third-order valence-electron chi connectivity index (χ3n) is 2.59. The first-order valence-corrected chi connectivity index (χ1v) is 5.73. The number of nitrogens with zero attached hydrogens (tertiary/aromatic N) is 1. The number of benzene rings is 1. The molecule has 1 amide bonds. The fourth-order valence-corrected chi connectivity index (χ4v) is 1.59. The molecule has 1 rings (SSSR count). The first kappa shape index (κ1) is 13.6. The largest absolute Gasteiger partial charge is 0.334 e. The Balaban J connectivity index is 2.88. The van der Waals surface area contributed by atoms with Gasteiger partial charge in [-0.25, -0.2) is 4.39 Å². The van der Waals surface area contributed by atoms with Gasteiger partial charge in [-0.2, -0.15) is 0 Å². The molecule has 0 saturated carbocycles. The lowest BCUT2D eigenvalue weighted by molar-refractivity contribution is -0.134. The molecule has 17 heavy (non-hydrogen) atoms. The van der Waals surface area contributed by atoms with Crippen molar-refractivity contribution in [1.82, 2.24) is 4.90 Å². The van der Waals surface area contributed by atoms with Crippen LogP contribution in [0.25, 0.3) is 0 Å². The van der Waals surface area contributed by atoms with E-state index in [1.807, 2.05) is 13.8 Å². The maximum absolute atomic E-state index is 13.5. The van der Waals surface area contributed by atoms with E-state index >= 15 is 0 Å². The van der Waals surface area contributed by atoms with Gasteiger partial charge in [0.2, 0.25) is 5.91 Å². The van der Waals surface area contributed by atoms with Gasteiger partial charge in [-0.3, -0.25) is 4.79 Å². The molecule has 0 aliphatic carbocycles. The Kier molecular flexibility index (Phi) is 4.63. The van der Waals surface area contributed by atoms with Crippen LogP contribution in [0.4, 0.5) is 4.39 Å². The molecule has 1 aromatic carbocycles. The summed E-state index contributed by atoms with van der Waals surface area (Å²) in [6, 6.07) is 5.89. The fraction of sp³-hybridized carbons (Fsp3) is 0.462. The van der Waals surface area contributed by atoms with E-state index in [1.165, 1.54) is 6.07 Å². The standard InChI is InChI=1S/C13H19FN2O/c1-9(2)16(13(17)10(3)15)8-11-6-4-5-7-12(11)14/h4-7,9-10H,8,15H2,1-3H3/t10-/m0/s1. The highest BCUT2D eigenvalue weighted by molar-refractivity contribution is 5.81. The molecular formula is C13H19FN2O. The topological polar surface area (TPSA) is 46.3 Å². The maximum Gasteiger partial charge on any atom is 0.239 e. The average Bonchev–Trinajstić information content (AvgIpc) is 2.26. The highest BCUT2D eigenvalue weighted by atomic mass is 19.1. The van der Waals surface area contributed by atoms with Crippen molar-refractivity contribution >= 4 is 5.91 Å². The van der Waals surface area contributed by atoms with Gasteiger partial charge in [-0.15, -0.1) is 0 Å².